The number of hydrogen-bond acceptors (Lipinski definition) is 5. The molecule has 3 N–H and O–H groups in total. The van der Waals surface area contributed by atoms with E-state index in [1.807, 2.05) is 0 Å². The van der Waals surface area contributed by atoms with E-state index in [2.05, 4.69) is 20.9 Å². The van der Waals surface area contributed by atoms with E-state index in [0.29, 0.717) is 12.1 Å². The summed E-state index contributed by atoms with van der Waals surface area (Å²) in [6.07, 6.45) is 3.13. The van der Waals surface area contributed by atoms with E-state index in [1.54, 1.807) is 39.2 Å². The highest BCUT2D eigenvalue weighted by Crippen LogP contribution is 2.20. The van der Waals surface area contributed by atoms with Crippen molar-refractivity contribution in [3.63, 3.8) is 0 Å². The van der Waals surface area contributed by atoms with Crippen LogP contribution in [0.5, 0.6) is 0 Å². The van der Waals surface area contributed by atoms with E-state index >= 15 is 0 Å². The average Bonchev–Trinajstić information content (AvgIpc) is 2.46. The highest BCUT2D eigenvalue weighted by atomic mass is 16.6. The first-order valence-corrected chi connectivity index (χ1v) is 7.74. The van der Waals surface area contributed by atoms with Crippen LogP contribution in [0.15, 0.2) is 18.5 Å². The Kier molecular flexibility index (Phi) is 5.38. The van der Waals surface area contributed by atoms with Crippen LogP contribution in [0.2, 0.25) is 0 Å². The molecule has 24 heavy (non-hydrogen) atoms. The number of carbonyl (C=O) groups is 3. The van der Waals surface area contributed by atoms with Gasteiger partial charge in [0.2, 0.25) is 11.8 Å². The molecule has 1 aliphatic heterocycles. The normalized spacial score (nSPS) is 16.6. The van der Waals surface area contributed by atoms with Gasteiger partial charge in [-0.25, -0.2) is 4.79 Å². The number of carbonyl (C=O) groups excluding carboxylic acids is 3. The quantitative estimate of drug-likeness (QED) is 0.760. The SMILES string of the molecule is CC(C)(C)OC(=O)NCCC(=O)NC1Cc2cnccc2NC1=O. The van der Waals surface area contributed by atoms with Crippen molar-refractivity contribution in [1.29, 1.82) is 0 Å². The summed E-state index contributed by atoms with van der Waals surface area (Å²) >= 11 is 0. The van der Waals surface area contributed by atoms with Crippen molar-refractivity contribution in [2.24, 2.45) is 0 Å². The summed E-state index contributed by atoms with van der Waals surface area (Å²) in [5.74, 6) is -0.583. The summed E-state index contributed by atoms with van der Waals surface area (Å²) in [4.78, 5) is 39.4. The minimum atomic E-state index is -0.643. The Morgan fingerprint density at radius 2 is 2.17 bits per heavy atom. The number of nitrogens with one attached hydrogen (secondary N) is 3. The maximum atomic E-state index is 12.0. The monoisotopic (exact) mass is 334 g/mol. The summed E-state index contributed by atoms with van der Waals surface area (Å²) in [5.41, 5.74) is 0.995. The van der Waals surface area contributed by atoms with E-state index in [9.17, 15) is 14.4 Å². The predicted octanol–water partition coefficient (Wildman–Crippen LogP) is 0.976. The van der Waals surface area contributed by atoms with Crippen molar-refractivity contribution < 1.29 is 19.1 Å². The lowest BCUT2D eigenvalue weighted by Crippen LogP contribution is -2.48. The lowest BCUT2D eigenvalue weighted by atomic mass is 10.0. The molecule has 1 atom stereocenters. The van der Waals surface area contributed by atoms with Crippen LogP contribution in [-0.4, -0.2) is 41.1 Å². The Morgan fingerprint density at radius 1 is 1.42 bits per heavy atom. The van der Waals surface area contributed by atoms with Gasteiger partial charge in [0.25, 0.3) is 0 Å². The topological polar surface area (TPSA) is 109 Å². The molecule has 130 valence electrons. The van der Waals surface area contributed by atoms with Crippen molar-refractivity contribution in [3.05, 3.63) is 24.0 Å². The second kappa shape index (κ2) is 7.29. The molecule has 3 amide bonds. The van der Waals surface area contributed by atoms with Crippen LogP contribution in [0.1, 0.15) is 32.8 Å². The summed E-state index contributed by atoms with van der Waals surface area (Å²) < 4.78 is 5.07. The van der Waals surface area contributed by atoms with Gasteiger partial charge in [-0.15, -0.1) is 0 Å². The zero-order valence-electron chi connectivity index (χ0n) is 14.0. The van der Waals surface area contributed by atoms with Gasteiger partial charge in [0.1, 0.15) is 11.6 Å². The molecule has 0 bridgehead atoms. The van der Waals surface area contributed by atoms with Crippen LogP contribution < -0.4 is 16.0 Å². The number of amides is 3. The highest BCUT2D eigenvalue weighted by molar-refractivity contribution is 5.99. The van der Waals surface area contributed by atoms with E-state index in [4.69, 9.17) is 4.74 Å². The molecule has 1 unspecified atom stereocenters. The van der Waals surface area contributed by atoms with Gasteiger partial charge in [0.05, 0.1) is 0 Å². The van der Waals surface area contributed by atoms with Crippen molar-refractivity contribution >= 4 is 23.6 Å². The van der Waals surface area contributed by atoms with Crippen molar-refractivity contribution in [2.45, 2.75) is 45.3 Å². The molecule has 0 saturated carbocycles. The van der Waals surface area contributed by atoms with Gasteiger partial charge in [0, 0.05) is 37.5 Å². The summed E-state index contributed by atoms with van der Waals surface area (Å²) in [6, 6.07) is 1.08. The van der Waals surface area contributed by atoms with E-state index in [-0.39, 0.29) is 24.8 Å². The third-order valence-corrected chi connectivity index (χ3v) is 3.26. The number of anilines is 1. The fourth-order valence-corrected chi connectivity index (χ4v) is 2.22. The Morgan fingerprint density at radius 3 is 2.88 bits per heavy atom. The van der Waals surface area contributed by atoms with E-state index < -0.39 is 17.7 Å². The van der Waals surface area contributed by atoms with Gasteiger partial charge in [-0.1, -0.05) is 0 Å². The van der Waals surface area contributed by atoms with Gasteiger partial charge >= 0.3 is 6.09 Å². The van der Waals surface area contributed by atoms with Gasteiger partial charge in [-0.3, -0.25) is 14.6 Å². The molecule has 0 saturated heterocycles. The largest absolute Gasteiger partial charge is 0.444 e. The van der Waals surface area contributed by atoms with Crippen LogP contribution in [0.25, 0.3) is 0 Å². The molecule has 8 nitrogen and oxygen atoms in total. The molecule has 1 aromatic heterocycles. The second-order valence-electron chi connectivity index (χ2n) is 6.52. The molecule has 2 rings (SSSR count). The number of alkyl carbamates (subject to hydrolysis) is 1. The Hall–Kier alpha value is -2.64. The molecule has 0 aromatic carbocycles. The third-order valence-electron chi connectivity index (χ3n) is 3.26. The number of ether oxygens (including phenoxy) is 1. The Bertz CT molecular complexity index is 639. The number of pyridine rings is 1. The maximum Gasteiger partial charge on any atom is 0.407 e. The fraction of sp³-hybridized carbons (Fsp3) is 0.500. The first-order chi connectivity index (χ1) is 11.2. The van der Waals surface area contributed by atoms with Crippen molar-refractivity contribution in [3.8, 4) is 0 Å². The lowest BCUT2D eigenvalue weighted by molar-refractivity contribution is -0.126. The Balaban J connectivity index is 1.77. The van der Waals surface area contributed by atoms with Gasteiger partial charge < -0.3 is 20.7 Å². The summed E-state index contributed by atoms with van der Waals surface area (Å²) in [7, 11) is 0. The maximum absolute atomic E-state index is 12.0. The molecule has 0 radical (unpaired) electrons. The van der Waals surface area contributed by atoms with E-state index in [0.717, 1.165) is 5.56 Å². The molecule has 0 spiro atoms. The van der Waals surface area contributed by atoms with Crippen molar-refractivity contribution in [2.75, 3.05) is 11.9 Å². The minimum absolute atomic E-state index is 0.0585. The van der Waals surface area contributed by atoms with Gasteiger partial charge in [0.15, 0.2) is 0 Å². The standard InChI is InChI=1S/C16H22N4O4/c1-16(2,3)24-15(23)18-7-5-13(21)19-12-8-10-9-17-6-4-11(10)20-14(12)22/h4,6,9,12H,5,7-8H2,1-3H3,(H,18,23)(H,19,21)(H,20,22). The smallest absolute Gasteiger partial charge is 0.407 e. The molecular formula is C16H22N4O4. The lowest BCUT2D eigenvalue weighted by Gasteiger charge is -2.25. The first kappa shape index (κ1) is 17.7. The molecule has 0 aliphatic carbocycles. The number of aromatic nitrogens is 1. The Labute approximate surface area is 140 Å². The van der Waals surface area contributed by atoms with Crippen molar-refractivity contribution in [1.82, 2.24) is 15.6 Å². The molecule has 1 aliphatic rings. The summed E-state index contributed by atoms with van der Waals surface area (Å²) in [5, 5.41) is 7.89. The van der Waals surface area contributed by atoms with Crippen LogP contribution in [-0.2, 0) is 20.7 Å². The van der Waals surface area contributed by atoms with Crippen LogP contribution >= 0.6 is 0 Å². The fourth-order valence-electron chi connectivity index (χ4n) is 2.22. The number of fused-ring (bicyclic) bond motifs is 1. The molecule has 8 heteroatoms. The molecule has 2 heterocycles. The van der Waals surface area contributed by atoms with E-state index in [1.165, 1.54) is 0 Å². The van der Waals surface area contributed by atoms with Crippen LogP contribution in [0, 0.1) is 0 Å². The zero-order valence-corrected chi connectivity index (χ0v) is 14.0. The predicted molar refractivity (Wildman–Crippen MR) is 87.4 cm³/mol. The van der Waals surface area contributed by atoms with Gasteiger partial charge in [-0.05, 0) is 32.4 Å². The zero-order chi connectivity index (χ0) is 17.7. The second-order valence-corrected chi connectivity index (χ2v) is 6.52. The van der Waals surface area contributed by atoms with Crippen LogP contribution in [0.4, 0.5) is 10.5 Å². The number of rotatable bonds is 4. The number of nitrogens with zero attached hydrogens (tertiary/aromatic N) is 1. The average molecular weight is 334 g/mol. The van der Waals surface area contributed by atoms with Crippen LogP contribution in [0.3, 0.4) is 0 Å². The molecule has 1 aromatic rings. The third kappa shape index (κ3) is 5.22. The first-order valence-electron chi connectivity index (χ1n) is 7.74. The molecular weight excluding hydrogens is 312 g/mol. The number of hydrogen-bond donors (Lipinski definition) is 3. The highest BCUT2D eigenvalue weighted by Gasteiger charge is 2.27. The van der Waals surface area contributed by atoms with Gasteiger partial charge in [-0.2, -0.15) is 0 Å². The minimum Gasteiger partial charge on any atom is -0.444 e. The summed E-state index contributed by atoms with van der Waals surface area (Å²) in [6.45, 7) is 5.41. The molecule has 0 fully saturated rings.